The molecule has 0 aromatic heterocycles. The fourth-order valence-corrected chi connectivity index (χ4v) is 4.60. The summed E-state index contributed by atoms with van der Waals surface area (Å²) in [5.41, 5.74) is 2.68. The largest absolute Gasteiger partial charge is 0.494 e. The van der Waals surface area contributed by atoms with Crippen molar-refractivity contribution in [3.05, 3.63) is 60.2 Å². The quantitative estimate of drug-likeness (QED) is 0.758. The lowest BCUT2D eigenvalue weighted by atomic mass is 10.0. The Morgan fingerprint density at radius 1 is 0.821 bits per heavy atom. The Hall–Kier alpha value is -2.04. The van der Waals surface area contributed by atoms with Crippen molar-refractivity contribution < 1.29 is 4.74 Å². The van der Waals surface area contributed by atoms with E-state index in [0.29, 0.717) is 0 Å². The van der Waals surface area contributed by atoms with Gasteiger partial charge in [0.25, 0.3) is 0 Å². The second-order valence-corrected chi connectivity index (χ2v) is 7.91. The lowest BCUT2D eigenvalue weighted by Crippen LogP contribution is -2.53. The molecular weight excluding hydrogens is 346 g/mol. The third-order valence-corrected chi connectivity index (χ3v) is 6.18. The Kier molecular flexibility index (Phi) is 6.50. The Bertz CT molecular complexity index is 720. The monoisotopic (exact) mass is 379 g/mol. The van der Waals surface area contributed by atoms with Crippen LogP contribution in [-0.4, -0.2) is 61.7 Å². The highest BCUT2D eigenvalue weighted by atomic mass is 16.5. The number of rotatable bonds is 6. The number of piperazine rings is 1. The predicted molar refractivity (Wildman–Crippen MR) is 116 cm³/mol. The van der Waals surface area contributed by atoms with Crippen LogP contribution in [0, 0.1) is 0 Å². The van der Waals surface area contributed by atoms with Crippen LogP contribution in [0.15, 0.2) is 54.6 Å². The lowest BCUT2D eigenvalue weighted by molar-refractivity contribution is 0.0993. The van der Waals surface area contributed by atoms with Crippen molar-refractivity contribution in [2.45, 2.75) is 32.4 Å². The maximum absolute atomic E-state index is 5.80. The summed E-state index contributed by atoms with van der Waals surface area (Å²) in [4.78, 5) is 7.84. The minimum absolute atomic E-state index is 0.730. The smallest absolute Gasteiger partial charge is 0.123 e. The molecule has 0 radical (unpaired) electrons. The number of benzene rings is 2. The molecule has 0 spiro atoms. The standard InChI is InChI=1S/C24H33N3O/c1-2-28-24-11-7-6-8-21(24)20-25-14-12-23(13-15-25)27-18-16-26(17-19-27)22-9-4-3-5-10-22/h3-11,23H,2,12-20H2,1H3. The van der Waals surface area contributed by atoms with Gasteiger partial charge in [0.15, 0.2) is 0 Å². The molecule has 28 heavy (non-hydrogen) atoms. The number of hydrogen-bond donors (Lipinski definition) is 0. The average molecular weight is 380 g/mol. The van der Waals surface area contributed by atoms with E-state index in [4.69, 9.17) is 4.74 Å². The van der Waals surface area contributed by atoms with Gasteiger partial charge in [0.2, 0.25) is 0 Å². The highest BCUT2D eigenvalue weighted by Gasteiger charge is 2.27. The van der Waals surface area contributed by atoms with E-state index in [1.165, 1.54) is 50.3 Å². The summed E-state index contributed by atoms with van der Waals surface area (Å²) < 4.78 is 5.80. The molecule has 0 saturated carbocycles. The van der Waals surface area contributed by atoms with Gasteiger partial charge in [-0.05, 0) is 51.1 Å². The van der Waals surface area contributed by atoms with Gasteiger partial charge in [0, 0.05) is 50.0 Å². The average Bonchev–Trinajstić information content (AvgIpc) is 2.77. The van der Waals surface area contributed by atoms with E-state index in [9.17, 15) is 0 Å². The zero-order chi connectivity index (χ0) is 19.2. The molecule has 4 nitrogen and oxygen atoms in total. The molecule has 2 aromatic carbocycles. The minimum atomic E-state index is 0.730. The second kappa shape index (κ2) is 9.44. The summed E-state index contributed by atoms with van der Waals surface area (Å²) in [7, 11) is 0. The van der Waals surface area contributed by atoms with Crippen LogP contribution in [0.25, 0.3) is 0 Å². The zero-order valence-corrected chi connectivity index (χ0v) is 17.1. The Balaban J connectivity index is 1.25. The van der Waals surface area contributed by atoms with Gasteiger partial charge < -0.3 is 9.64 Å². The summed E-state index contributed by atoms with van der Waals surface area (Å²) in [5.74, 6) is 1.05. The van der Waals surface area contributed by atoms with E-state index in [1.54, 1.807) is 0 Å². The molecule has 0 N–H and O–H groups in total. The highest BCUT2D eigenvalue weighted by Crippen LogP contribution is 2.24. The van der Waals surface area contributed by atoms with Crippen LogP contribution in [0.1, 0.15) is 25.3 Å². The summed E-state index contributed by atoms with van der Waals surface area (Å²) in [6.07, 6.45) is 2.56. The summed E-state index contributed by atoms with van der Waals surface area (Å²) in [5, 5.41) is 0. The molecule has 0 unspecified atom stereocenters. The van der Waals surface area contributed by atoms with E-state index in [2.05, 4.69) is 76.2 Å². The summed E-state index contributed by atoms with van der Waals surface area (Å²) in [6, 6.07) is 20.1. The van der Waals surface area contributed by atoms with E-state index >= 15 is 0 Å². The number of anilines is 1. The van der Waals surface area contributed by atoms with Crippen LogP contribution in [0.3, 0.4) is 0 Å². The summed E-state index contributed by atoms with van der Waals surface area (Å²) in [6.45, 7) is 10.8. The highest BCUT2D eigenvalue weighted by molar-refractivity contribution is 5.46. The van der Waals surface area contributed by atoms with E-state index in [-0.39, 0.29) is 0 Å². The molecule has 2 heterocycles. The van der Waals surface area contributed by atoms with Gasteiger partial charge in [-0.25, -0.2) is 0 Å². The first-order chi connectivity index (χ1) is 13.8. The molecule has 0 aliphatic carbocycles. The molecular formula is C24H33N3O. The molecule has 4 rings (SSSR count). The Labute approximate surface area is 169 Å². The van der Waals surface area contributed by atoms with Crippen molar-refractivity contribution in [1.29, 1.82) is 0 Å². The van der Waals surface area contributed by atoms with Crippen LogP contribution in [0.4, 0.5) is 5.69 Å². The number of nitrogens with zero attached hydrogens (tertiary/aromatic N) is 3. The number of hydrogen-bond acceptors (Lipinski definition) is 4. The first-order valence-corrected chi connectivity index (χ1v) is 10.8. The fourth-order valence-electron chi connectivity index (χ4n) is 4.60. The molecule has 2 aliphatic heterocycles. The molecule has 0 atom stereocenters. The Morgan fingerprint density at radius 2 is 1.50 bits per heavy atom. The minimum Gasteiger partial charge on any atom is -0.494 e. The van der Waals surface area contributed by atoms with Crippen molar-refractivity contribution in [3.63, 3.8) is 0 Å². The molecule has 0 amide bonds. The molecule has 4 heteroatoms. The molecule has 2 aliphatic rings. The van der Waals surface area contributed by atoms with Crippen molar-refractivity contribution in [1.82, 2.24) is 9.80 Å². The molecule has 150 valence electrons. The van der Waals surface area contributed by atoms with Crippen LogP contribution in [0.5, 0.6) is 5.75 Å². The first-order valence-electron chi connectivity index (χ1n) is 10.8. The zero-order valence-electron chi connectivity index (χ0n) is 17.1. The van der Waals surface area contributed by atoms with Crippen molar-refractivity contribution in [3.8, 4) is 5.75 Å². The van der Waals surface area contributed by atoms with Crippen molar-refractivity contribution >= 4 is 5.69 Å². The number of piperidine rings is 1. The lowest BCUT2D eigenvalue weighted by Gasteiger charge is -2.43. The van der Waals surface area contributed by atoms with Gasteiger partial charge in [-0.1, -0.05) is 36.4 Å². The molecule has 2 fully saturated rings. The maximum atomic E-state index is 5.80. The normalized spacial score (nSPS) is 19.7. The van der Waals surface area contributed by atoms with Gasteiger partial charge >= 0.3 is 0 Å². The number of para-hydroxylation sites is 2. The molecule has 2 aromatic rings. The maximum Gasteiger partial charge on any atom is 0.123 e. The number of ether oxygens (including phenoxy) is 1. The van der Waals surface area contributed by atoms with Gasteiger partial charge in [-0.3, -0.25) is 9.80 Å². The van der Waals surface area contributed by atoms with E-state index in [0.717, 1.165) is 38.0 Å². The predicted octanol–water partition coefficient (Wildman–Crippen LogP) is 3.87. The molecule has 2 saturated heterocycles. The number of likely N-dealkylation sites (tertiary alicyclic amines) is 1. The fraction of sp³-hybridized carbons (Fsp3) is 0.500. The summed E-state index contributed by atoms with van der Waals surface area (Å²) >= 11 is 0. The SMILES string of the molecule is CCOc1ccccc1CN1CCC(N2CCN(c3ccccc3)CC2)CC1. The van der Waals surface area contributed by atoms with Gasteiger partial charge in [0.05, 0.1) is 6.61 Å². The third kappa shape index (κ3) is 4.68. The van der Waals surface area contributed by atoms with Gasteiger partial charge in [-0.15, -0.1) is 0 Å². The van der Waals surface area contributed by atoms with Crippen molar-refractivity contribution in [2.75, 3.05) is 50.8 Å². The van der Waals surface area contributed by atoms with Gasteiger partial charge in [0.1, 0.15) is 5.75 Å². The van der Waals surface area contributed by atoms with E-state index < -0.39 is 0 Å². The topological polar surface area (TPSA) is 19.0 Å². The molecule has 0 bridgehead atoms. The van der Waals surface area contributed by atoms with Crippen LogP contribution >= 0.6 is 0 Å². The first kappa shape index (κ1) is 19.3. The van der Waals surface area contributed by atoms with Crippen LogP contribution in [0.2, 0.25) is 0 Å². The van der Waals surface area contributed by atoms with Crippen molar-refractivity contribution in [2.24, 2.45) is 0 Å². The van der Waals surface area contributed by atoms with Crippen LogP contribution < -0.4 is 9.64 Å². The van der Waals surface area contributed by atoms with Crippen LogP contribution in [-0.2, 0) is 6.54 Å². The Morgan fingerprint density at radius 3 is 2.21 bits per heavy atom. The van der Waals surface area contributed by atoms with E-state index in [1.807, 2.05) is 0 Å². The third-order valence-electron chi connectivity index (χ3n) is 6.18. The van der Waals surface area contributed by atoms with Gasteiger partial charge in [-0.2, -0.15) is 0 Å². The second-order valence-electron chi connectivity index (χ2n) is 7.91.